The molecule has 26 heavy (non-hydrogen) atoms. The van der Waals surface area contributed by atoms with Gasteiger partial charge in [-0.05, 0) is 61.4 Å². The number of aryl methyl sites for hydroxylation is 2. The molecule has 2 heterocycles. The number of carbonyl (C=O) groups excluding carboxylic acids is 2. The molecule has 1 fully saturated rings. The summed E-state index contributed by atoms with van der Waals surface area (Å²) in [5, 5.41) is 9.19. The first-order chi connectivity index (χ1) is 12.5. The minimum Gasteiger partial charge on any atom is -0.464 e. The molecule has 5 nitrogen and oxygen atoms in total. The monoisotopic (exact) mass is 368 g/mol. The van der Waals surface area contributed by atoms with E-state index in [0.717, 1.165) is 40.5 Å². The van der Waals surface area contributed by atoms with Crippen molar-refractivity contribution >= 4 is 39.1 Å². The van der Waals surface area contributed by atoms with Gasteiger partial charge in [-0.15, -0.1) is 11.3 Å². The Labute approximate surface area is 155 Å². The topological polar surface area (TPSA) is 71.3 Å². The standard InChI is InChI=1S/C20H20N2O3S/c1-11-7-16-13(10-25-17(16)8-12(11)2)9-18(23)22-20-15(5-6-26-20)19(24)21-14-3-4-14/h5-8,10,14H,3-4,9H2,1-2H3,(H,21,24)(H,22,23). The van der Waals surface area contributed by atoms with E-state index in [1.165, 1.54) is 11.3 Å². The van der Waals surface area contributed by atoms with E-state index in [1.807, 2.05) is 25.3 Å². The quantitative estimate of drug-likeness (QED) is 0.709. The number of benzene rings is 1. The van der Waals surface area contributed by atoms with Crippen LogP contribution in [0.25, 0.3) is 11.0 Å². The number of thiophene rings is 1. The van der Waals surface area contributed by atoms with Crippen LogP contribution >= 0.6 is 11.3 Å². The van der Waals surface area contributed by atoms with Crippen molar-refractivity contribution in [1.82, 2.24) is 5.32 Å². The van der Waals surface area contributed by atoms with Crippen LogP contribution < -0.4 is 10.6 Å². The molecule has 0 unspecified atom stereocenters. The predicted octanol–water partition coefficient (Wildman–Crippen LogP) is 4.18. The van der Waals surface area contributed by atoms with Crippen LogP contribution in [0.3, 0.4) is 0 Å². The third-order valence-corrected chi connectivity index (χ3v) is 5.53. The van der Waals surface area contributed by atoms with Gasteiger partial charge >= 0.3 is 0 Å². The maximum Gasteiger partial charge on any atom is 0.254 e. The summed E-state index contributed by atoms with van der Waals surface area (Å²) in [4.78, 5) is 24.8. The highest BCUT2D eigenvalue weighted by atomic mass is 32.1. The molecule has 0 bridgehead atoms. The van der Waals surface area contributed by atoms with Crippen LogP contribution in [0.5, 0.6) is 0 Å². The highest BCUT2D eigenvalue weighted by Crippen LogP contribution is 2.28. The first kappa shape index (κ1) is 16.8. The van der Waals surface area contributed by atoms with E-state index in [1.54, 1.807) is 12.3 Å². The number of rotatable bonds is 5. The lowest BCUT2D eigenvalue weighted by atomic mass is 10.0. The number of hydrogen-bond acceptors (Lipinski definition) is 4. The molecular weight excluding hydrogens is 348 g/mol. The van der Waals surface area contributed by atoms with Gasteiger partial charge in [0.1, 0.15) is 10.6 Å². The molecule has 0 aliphatic heterocycles. The Hall–Kier alpha value is -2.60. The fourth-order valence-corrected chi connectivity index (χ4v) is 3.69. The van der Waals surface area contributed by atoms with Crippen molar-refractivity contribution in [3.05, 3.63) is 52.1 Å². The minimum absolute atomic E-state index is 0.121. The largest absolute Gasteiger partial charge is 0.464 e. The number of carbonyl (C=O) groups is 2. The van der Waals surface area contributed by atoms with Gasteiger partial charge in [0.05, 0.1) is 18.2 Å². The van der Waals surface area contributed by atoms with Crippen LogP contribution in [-0.4, -0.2) is 17.9 Å². The lowest BCUT2D eigenvalue weighted by Gasteiger charge is -2.07. The molecular formula is C20H20N2O3S. The zero-order chi connectivity index (χ0) is 18.3. The van der Waals surface area contributed by atoms with E-state index < -0.39 is 0 Å². The minimum atomic E-state index is -0.158. The average Bonchev–Trinajstić information content (AvgIpc) is 3.16. The van der Waals surface area contributed by atoms with E-state index in [-0.39, 0.29) is 24.3 Å². The van der Waals surface area contributed by atoms with Gasteiger partial charge in [-0.25, -0.2) is 0 Å². The van der Waals surface area contributed by atoms with Crippen LogP contribution in [0, 0.1) is 13.8 Å². The molecule has 1 aromatic carbocycles. The Balaban J connectivity index is 1.49. The third-order valence-electron chi connectivity index (χ3n) is 4.70. The first-order valence-electron chi connectivity index (χ1n) is 8.67. The number of hydrogen-bond donors (Lipinski definition) is 2. The van der Waals surface area contributed by atoms with Gasteiger partial charge in [-0.3, -0.25) is 9.59 Å². The number of furan rings is 1. The Bertz CT molecular complexity index is 998. The van der Waals surface area contributed by atoms with Gasteiger partial charge in [0, 0.05) is 17.0 Å². The van der Waals surface area contributed by atoms with Gasteiger partial charge < -0.3 is 15.1 Å². The average molecular weight is 368 g/mol. The van der Waals surface area contributed by atoms with Gasteiger partial charge in [0.15, 0.2) is 0 Å². The molecule has 1 aliphatic carbocycles. The highest BCUT2D eigenvalue weighted by Gasteiger charge is 2.25. The Kier molecular flexibility index (Phi) is 4.28. The number of nitrogens with one attached hydrogen (secondary N) is 2. The Morgan fingerprint density at radius 3 is 2.77 bits per heavy atom. The summed E-state index contributed by atoms with van der Waals surface area (Å²) in [6, 6.07) is 6.08. The molecule has 2 aromatic heterocycles. The van der Waals surface area contributed by atoms with E-state index in [4.69, 9.17) is 4.42 Å². The zero-order valence-corrected chi connectivity index (χ0v) is 15.5. The van der Waals surface area contributed by atoms with E-state index in [9.17, 15) is 9.59 Å². The lowest BCUT2D eigenvalue weighted by molar-refractivity contribution is -0.115. The number of amides is 2. The molecule has 1 aliphatic rings. The SMILES string of the molecule is Cc1cc2occ(CC(=O)Nc3sccc3C(=O)NC3CC3)c2cc1C. The zero-order valence-electron chi connectivity index (χ0n) is 14.7. The van der Waals surface area contributed by atoms with Gasteiger partial charge in [0.25, 0.3) is 5.91 Å². The summed E-state index contributed by atoms with van der Waals surface area (Å²) >= 11 is 1.36. The molecule has 6 heteroatoms. The molecule has 134 valence electrons. The van der Waals surface area contributed by atoms with Crippen molar-refractivity contribution in [3.8, 4) is 0 Å². The van der Waals surface area contributed by atoms with Crippen molar-refractivity contribution < 1.29 is 14.0 Å². The third kappa shape index (κ3) is 3.37. The maximum absolute atomic E-state index is 12.5. The van der Waals surface area contributed by atoms with Crippen LogP contribution in [0.15, 0.2) is 34.3 Å². The van der Waals surface area contributed by atoms with Crippen molar-refractivity contribution in [1.29, 1.82) is 0 Å². The second-order valence-electron chi connectivity index (χ2n) is 6.83. The van der Waals surface area contributed by atoms with Crippen molar-refractivity contribution in [3.63, 3.8) is 0 Å². The van der Waals surface area contributed by atoms with Gasteiger partial charge in [-0.2, -0.15) is 0 Å². The Morgan fingerprint density at radius 1 is 1.23 bits per heavy atom. The summed E-state index contributed by atoms with van der Waals surface area (Å²) in [6.07, 6.45) is 3.91. The van der Waals surface area contributed by atoms with Crippen LogP contribution in [0.2, 0.25) is 0 Å². The summed E-state index contributed by atoms with van der Waals surface area (Å²) < 4.78 is 5.59. The molecule has 1 saturated carbocycles. The number of fused-ring (bicyclic) bond motifs is 1. The molecule has 4 rings (SSSR count). The molecule has 0 spiro atoms. The second-order valence-corrected chi connectivity index (χ2v) is 7.75. The van der Waals surface area contributed by atoms with Crippen LogP contribution in [0.4, 0.5) is 5.00 Å². The normalized spacial score (nSPS) is 13.8. The van der Waals surface area contributed by atoms with Crippen molar-refractivity contribution in [2.75, 3.05) is 5.32 Å². The molecule has 2 N–H and O–H groups in total. The van der Waals surface area contributed by atoms with Gasteiger partial charge in [0.2, 0.25) is 5.91 Å². The van der Waals surface area contributed by atoms with Crippen molar-refractivity contribution in [2.45, 2.75) is 39.2 Å². The van der Waals surface area contributed by atoms with Crippen molar-refractivity contribution in [2.24, 2.45) is 0 Å². The predicted molar refractivity (Wildman–Crippen MR) is 103 cm³/mol. The molecule has 0 saturated heterocycles. The maximum atomic E-state index is 12.5. The second kappa shape index (κ2) is 6.61. The van der Waals surface area contributed by atoms with E-state index >= 15 is 0 Å². The molecule has 0 atom stereocenters. The molecule has 2 amide bonds. The summed E-state index contributed by atoms with van der Waals surface area (Å²) in [5.41, 5.74) is 4.49. The Morgan fingerprint density at radius 2 is 2.00 bits per heavy atom. The molecule has 3 aromatic rings. The summed E-state index contributed by atoms with van der Waals surface area (Å²) in [7, 11) is 0. The summed E-state index contributed by atoms with van der Waals surface area (Å²) in [5.74, 6) is -0.280. The fraction of sp³-hybridized carbons (Fsp3) is 0.300. The highest BCUT2D eigenvalue weighted by molar-refractivity contribution is 7.14. The van der Waals surface area contributed by atoms with E-state index in [2.05, 4.69) is 16.7 Å². The van der Waals surface area contributed by atoms with E-state index in [0.29, 0.717) is 10.6 Å². The molecule has 0 radical (unpaired) electrons. The van der Waals surface area contributed by atoms with Gasteiger partial charge in [-0.1, -0.05) is 0 Å². The fourth-order valence-electron chi connectivity index (χ4n) is 2.89. The van der Waals surface area contributed by atoms with Crippen LogP contribution in [0.1, 0.15) is 39.9 Å². The first-order valence-corrected chi connectivity index (χ1v) is 9.55. The lowest BCUT2D eigenvalue weighted by Crippen LogP contribution is -2.26. The smallest absolute Gasteiger partial charge is 0.254 e. The number of anilines is 1. The summed E-state index contributed by atoms with van der Waals surface area (Å²) in [6.45, 7) is 4.08. The van der Waals surface area contributed by atoms with Crippen LogP contribution in [-0.2, 0) is 11.2 Å².